The first-order valence-electron chi connectivity index (χ1n) is 5.20. The first-order chi connectivity index (χ1) is 9.02. The van der Waals surface area contributed by atoms with Crippen molar-refractivity contribution >= 4 is 23.4 Å². The lowest BCUT2D eigenvalue weighted by atomic mass is 10.1. The Morgan fingerprint density at radius 1 is 1.32 bits per heavy atom. The highest BCUT2D eigenvalue weighted by atomic mass is 35.5. The predicted octanol–water partition coefficient (Wildman–Crippen LogP) is 2.30. The van der Waals surface area contributed by atoms with Crippen LogP contribution in [0.15, 0.2) is 24.3 Å². The summed E-state index contributed by atoms with van der Waals surface area (Å²) < 4.78 is 17.3. The van der Waals surface area contributed by atoms with Crippen LogP contribution in [0, 0.1) is 5.82 Å². The maximum atomic E-state index is 12.8. The number of nitrogens with two attached hydrogens (primary N) is 1. The molecule has 98 valence electrons. The van der Waals surface area contributed by atoms with E-state index in [-0.39, 0.29) is 28.2 Å². The van der Waals surface area contributed by atoms with E-state index in [0.29, 0.717) is 5.56 Å². The summed E-state index contributed by atoms with van der Waals surface area (Å²) in [4.78, 5) is 19.2. The molecule has 1 aromatic carbocycles. The average Bonchev–Trinajstić information content (AvgIpc) is 2.41. The average molecular weight is 282 g/mol. The van der Waals surface area contributed by atoms with Gasteiger partial charge in [0.2, 0.25) is 0 Å². The number of hydrogen-bond donors (Lipinski definition) is 1. The summed E-state index contributed by atoms with van der Waals surface area (Å²) in [6.07, 6.45) is 0. The molecular formula is C12H9ClFN3O2. The second kappa shape index (κ2) is 5.19. The normalized spacial score (nSPS) is 10.3. The summed E-state index contributed by atoms with van der Waals surface area (Å²) >= 11 is 5.95. The Kier molecular flexibility index (Phi) is 3.62. The van der Waals surface area contributed by atoms with Gasteiger partial charge in [-0.15, -0.1) is 0 Å². The molecule has 0 aliphatic rings. The van der Waals surface area contributed by atoms with Crippen molar-refractivity contribution < 1.29 is 13.9 Å². The molecule has 0 aliphatic carbocycles. The number of methoxy groups -OCH3 is 1. The number of carbonyl (C=O) groups excluding carboxylic acids is 1. The smallest absolute Gasteiger partial charge is 0.360 e. The fourth-order valence-corrected chi connectivity index (χ4v) is 1.70. The number of esters is 1. The molecule has 0 radical (unpaired) electrons. The topological polar surface area (TPSA) is 78.1 Å². The van der Waals surface area contributed by atoms with Gasteiger partial charge in [0.1, 0.15) is 11.5 Å². The number of ether oxygens (including phenoxy) is 1. The lowest BCUT2D eigenvalue weighted by Crippen LogP contribution is -2.11. The van der Waals surface area contributed by atoms with Gasteiger partial charge in [-0.1, -0.05) is 11.6 Å². The zero-order valence-corrected chi connectivity index (χ0v) is 10.6. The van der Waals surface area contributed by atoms with Crippen molar-refractivity contribution in [3.8, 4) is 11.3 Å². The third-order valence-electron chi connectivity index (χ3n) is 2.38. The Labute approximate surface area is 113 Å². The zero-order valence-electron chi connectivity index (χ0n) is 9.85. The molecule has 2 rings (SSSR count). The van der Waals surface area contributed by atoms with E-state index in [1.165, 1.54) is 31.4 Å². The molecule has 0 aliphatic heterocycles. The van der Waals surface area contributed by atoms with Gasteiger partial charge in [0.15, 0.2) is 16.7 Å². The first kappa shape index (κ1) is 13.2. The predicted molar refractivity (Wildman–Crippen MR) is 68.2 cm³/mol. The molecule has 0 saturated heterocycles. The summed E-state index contributed by atoms with van der Waals surface area (Å²) in [7, 11) is 1.20. The highest BCUT2D eigenvalue weighted by Gasteiger charge is 2.18. The lowest BCUT2D eigenvalue weighted by Gasteiger charge is -2.07. The van der Waals surface area contributed by atoms with E-state index in [4.69, 9.17) is 17.3 Å². The Morgan fingerprint density at radius 2 is 1.95 bits per heavy atom. The quantitative estimate of drug-likeness (QED) is 0.855. The van der Waals surface area contributed by atoms with Crippen LogP contribution in [0.25, 0.3) is 11.3 Å². The molecule has 0 amide bonds. The Morgan fingerprint density at radius 3 is 2.53 bits per heavy atom. The number of aromatic nitrogens is 2. The number of benzene rings is 1. The third kappa shape index (κ3) is 2.63. The standard InChI is InChI=1S/C12H9ClFN3O2/c1-19-12(18)9-11(15)17-8(10(13)16-9)6-2-4-7(14)5-3-6/h2-5H,1H3,(H2,15,17). The maximum Gasteiger partial charge on any atom is 0.360 e. The van der Waals surface area contributed by atoms with Crippen molar-refractivity contribution in [2.24, 2.45) is 0 Å². The molecule has 1 aromatic heterocycles. The van der Waals surface area contributed by atoms with E-state index >= 15 is 0 Å². The fraction of sp³-hybridized carbons (Fsp3) is 0.0833. The molecule has 0 spiro atoms. The summed E-state index contributed by atoms with van der Waals surface area (Å²) in [5.41, 5.74) is 6.29. The number of halogens is 2. The molecule has 5 nitrogen and oxygen atoms in total. The molecule has 0 saturated carbocycles. The van der Waals surface area contributed by atoms with E-state index in [9.17, 15) is 9.18 Å². The van der Waals surface area contributed by atoms with Crippen molar-refractivity contribution in [3.05, 3.63) is 40.9 Å². The molecule has 0 unspecified atom stereocenters. The van der Waals surface area contributed by atoms with E-state index in [1.54, 1.807) is 0 Å². The largest absolute Gasteiger partial charge is 0.464 e. The van der Waals surface area contributed by atoms with Crippen molar-refractivity contribution in [3.63, 3.8) is 0 Å². The molecule has 2 N–H and O–H groups in total. The van der Waals surface area contributed by atoms with Gasteiger partial charge in [0.05, 0.1) is 7.11 Å². The van der Waals surface area contributed by atoms with E-state index in [0.717, 1.165) is 0 Å². The zero-order chi connectivity index (χ0) is 14.0. The van der Waals surface area contributed by atoms with Crippen LogP contribution in [-0.2, 0) is 4.74 Å². The van der Waals surface area contributed by atoms with Gasteiger partial charge in [-0.25, -0.2) is 19.2 Å². The van der Waals surface area contributed by atoms with Gasteiger partial charge in [-0.05, 0) is 24.3 Å². The molecule has 19 heavy (non-hydrogen) atoms. The summed E-state index contributed by atoms with van der Waals surface area (Å²) in [5, 5.41) is -0.0128. The van der Waals surface area contributed by atoms with Crippen LogP contribution in [0.1, 0.15) is 10.5 Å². The second-order valence-electron chi connectivity index (χ2n) is 3.60. The minimum atomic E-state index is -0.724. The highest BCUT2D eigenvalue weighted by Crippen LogP contribution is 2.26. The number of hydrogen-bond acceptors (Lipinski definition) is 5. The van der Waals surface area contributed by atoms with E-state index in [2.05, 4.69) is 14.7 Å². The van der Waals surface area contributed by atoms with Crippen LogP contribution in [0.5, 0.6) is 0 Å². The SMILES string of the molecule is COC(=O)c1nc(Cl)c(-c2ccc(F)cc2)nc1N. The van der Waals surface area contributed by atoms with Gasteiger partial charge in [-0.3, -0.25) is 0 Å². The first-order valence-corrected chi connectivity index (χ1v) is 5.58. The monoisotopic (exact) mass is 281 g/mol. The minimum Gasteiger partial charge on any atom is -0.464 e. The lowest BCUT2D eigenvalue weighted by molar-refractivity contribution is 0.0595. The van der Waals surface area contributed by atoms with Gasteiger partial charge in [-0.2, -0.15) is 0 Å². The summed E-state index contributed by atoms with van der Waals surface area (Å²) in [6, 6.07) is 5.50. The highest BCUT2D eigenvalue weighted by molar-refractivity contribution is 6.32. The minimum absolute atomic E-state index is 0.0128. The molecule has 1 heterocycles. The van der Waals surface area contributed by atoms with Crippen LogP contribution < -0.4 is 5.73 Å². The van der Waals surface area contributed by atoms with Gasteiger partial charge in [0.25, 0.3) is 0 Å². The Hall–Kier alpha value is -2.21. The van der Waals surface area contributed by atoms with Crippen molar-refractivity contribution in [2.45, 2.75) is 0 Å². The van der Waals surface area contributed by atoms with Crippen LogP contribution in [0.2, 0.25) is 5.15 Å². The Balaban J connectivity index is 2.52. The maximum absolute atomic E-state index is 12.8. The molecule has 2 aromatic rings. The van der Waals surface area contributed by atoms with Crippen LogP contribution in [0.4, 0.5) is 10.2 Å². The second-order valence-corrected chi connectivity index (χ2v) is 3.95. The van der Waals surface area contributed by atoms with Crippen LogP contribution >= 0.6 is 11.6 Å². The van der Waals surface area contributed by atoms with Gasteiger partial charge >= 0.3 is 5.97 Å². The number of carbonyl (C=O) groups is 1. The van der Waals surface area contributed by atoms with Gasteiger partial charge in [0, 0.05) is 5.56 Å². The molecular weight excluding hydrogens is 273 g/mol. The van der Waals surface area contributed by atoms with E-state index < -0.39 is 5.97 Å². The number of nitrogen functional groups attached to an aromatic ring is 1. The molecule has 0 bridgehead atoms. The van der Waals surface area contributed by atoms with Crippen molar-refractivity contribution in [1.82, 2.24) is 9.97 Å². The number of anilines is 1. The number of rotatable bonds is 2. The van der Waals surface area contributed by atoms with E-state index in [1.807, 2.05) is 0 Å². The van der Waals surface area contributed by atoms with Gasteiger partial charge < -0.3 is 10.5 Å². The summed E-state index contributed by atoms with van der Waals surface area (Å²) in [6.45, 7) is 0. The molecule has 0 fully saturated rings. The summed E-state index contributed by atoms with van der Waals surface area (Å²) in [5.74, 6) is -1.21. The molecule has 0 atom stereocenters. The third-order valence-corrected chi connectivity index (χ3v) is 2.64. The van der Waals surface area contributed by atoms with Crippen molar-refractivity contribution in [1.29, 1.82) is 0 Å². The van der Waals surface area contributed by atoms with Crippen molar-refractivity contribution in [2.75, 3.05) is 12.8 Å². The van der Waals surface area contributed by atoms with Crippen LogP contribution in [-0.4, -0.2) is 23.0 Å². The Bertz CT molecular complexity index is 632. The van der Waals surface area contributed by atoms with Crippen LogP contribution in [0.3, 0.4) is 0 Å². The molecule has 7 heteroatoms. The number of nitrogens with zero attached hydrogens (tertiary/aromatic N) is 2. The fourth-order valence-electron chi connectivity index (χ4n) is 1.47.